The van der Waals surface area contributed by atoms with Gasteiger partial charge in [0.15, 0.2) is 18.0 Å². The van der Waals surface area contributed by atoms with Crippen molar-refractivity contribution in [3.05, 3.63) is 80.6 Å². The Labute approximate surface area is 652 Å². The van der Waals surface area contributed by atoms with Crippen LogP contribution in [-0.4, -0.2) is 137 Å². The molecule has 2 aromatic carbocycles. The second-order valence-corrected chi connectivity index (χ2v) is 27.4. The Morgan fingerprint density at radius 2 is 0.937 bits per heavy atom. The smallest absolute Gasteiger partial charge is 1.00 e. The van der Waals surface area contributed by atoms with E-state index in [9.17, 15) is 34.0 Å². The molecule has 6 heterocycles. The van der Waals surface area contributed by atoms with E-state index in [1.165, 1.54) is 128 Å². The van der Waals surface area contributed by atoms with Crippen molar-refractivity contribution in [2.24, 2.45) is 45.5 Å². The van der Waals surface area contributed by atoms with Crippen LogP contribution in [0.25, 0.3) is 22.1 Å². The van der Waals surface area contributed by atoms with Gasteiger partial charge in [-0.05, 0) is 152 Å². The summed E-state index contributed by atoms with van der Waals surface area (Å²) in [4.78, 5) is 105. The molecule has 10 atom stereocenters. The number of hydrogen-bond donors (Lipinski definition) is 3. The number of carbonyl (C=O) groups is 5. The maximum Gasteiger partial charge on any atom is 1.00 e. The number of alkyl halides is 1. The molecular formula is C69H97BrK2N10O13. The average molecular weight is 1430 g/mol. The van der Waals surface area contributed by atoms with Gasteiger partial charge in [-0.15, -0.1) is 0 Å². The summed E-state index contributed by atoms with van der Waals surface area (Å²) < 4.78 is 14.0. The zero-order chi connectivity index (χ0) is 66.0. The number of nitrogens with zero attached hydrogens (tertiary/aromatic N) is 8. The molecule has 0 radical (unpaired) electrons. The Morgan fingerprint density at radius 3 is 1.28 bits per heavy atom. The van der Waals surface area contributed by atoms with Crippen molar-refractivity contribution in [3.63, 3.8) is 0 Å². The van der Waals surface area contributed by atoms with Crippen molar-refractivity contribution in [1.82, 2.24) is 28.9 Å². The Balaban J connectivity index is 0.000000263. The van der Waals surface area contributed by atoms with Gasteiger partial charge in [-0.2, -0.15) is 0 Å². The zero-order valence-electron chi connectivity index (χ0n) is 57.2. The summed E-state index contributed by atoms with van der Waals surface area (Å²) in [7, 11) is 0. The SMILES string of the molecule is CCOC(=O)CC/C(=N\O)c1nc2ccccc2n(C2C[C@H]3CCC[C@@H](C2)N3C2CC3CCCCC(C3)C2)c1=O.CCOC(=O)CC/C(=N\OCC(N)=O)c1nc2ccccc2n(C2C[C@H]3CCC[C@@H](C2)N3C2CC3CCCCC(C3)C2)c1=O.NC(=O)CBr.O=CO[O-].[H-].[K+].[K+]. The molecule has 4 saturated heterocycles. The number of aromatic nitrogens is 4. The maximum absolute atomic E-state index is 14.4. The maximum atomic E-state index is 14.4. The van der Waals surface area contributed by atoms with Crippen LogP contribution in [0.2, 0.25) is 0 Å². The fourth-order valence-electron chi connectivity index (χ4n) is 17.5. The first kappa shape index (κ1) is 79.0. The molecule has 0 spiro atoms. The van der Waals surface area contributed by atoms with Crippen LogP contribution in [0.5, 0.6) is 0 Å². The molecule has 26 heteroatoms. The van der Waals surface area contributed by atoms with Gasteiger partial charge in [-0.1, -0.05) is 115 Å². The van der Waals surface area contributed by atoms with Crippen LogP contribution in [0.3, 0.4) is 0 Å². The molecule has 5 N–H and O–H groups in total. The van der Waals surface area contributed by atoms with Crippen molar-refractivity contribution >= 4 is 79.6 Å². The molecule has 6 unspecified atom stereocenters. The molecule has 4 aliphatic heterocycles. The second kappa shape index (κ2) is 39.6. The van der Waals surface area contributed by atoms with E-state index in [2.05, 4.69) is 51.6 Å². The number of nitrogens with two attached hydrogens (primary N) is 2. The standard InChI is InChI=1S/C34H47N5O5.C32H44N4O4.C2H4BrNO.CH2O3.2K.H/c1-2-43-32(41)15-14-29(37-44-21-31(35)40)33-34(42)39(30-13-6-5-12-28(30)36-33)27-19-24-10-7-11-25(20-27)38(24)26-17-22-8-3-4-9-23(16-22)18-26;1-2-40-30(37)15-14-28(34-39)31-32(38)36(29-13-6-5-12-27(29)33-31)26-19-23-10-7-11-24(20-26)35(23)25-17-21-8-3-4-9-22(16-21)18-25;3-1-2(4)5;2-1-4-3;;;/h5-6,12-13,22-27H,2-4,7-11,14-21H2,1H3,(H2,35,40);5-6,12-13,21-26,39H,2-4,7-11,14-20H2,1H3;1H2,(H2,4,5);1,3H;;;/q;;;;2*+1;-1/p-1/b37-29+;34-28+;;;;;/t22?,23?,24-,25+,26?,27?;21?,22?,23-,24+,25?,26?;;;;;. The number of amides is 2. The number of rotatable bonds is 19. The number of oxime groups is 2. The minimum absolute atomic E-state index is 0. The number of primary amides is 2. The molecule has 2 aromatic heterocycles. The third-order valence-electron chi connectivity index (χ3n) is 20.8. The van der Waals surface area contributed by atoms with E-state index in [0.717, 1.165) is 60.4 Å². The van der Waals surface area contributed by atoms with Gasteiger partial charge in [0, 0.05) is 61.2 Å². The number of halogens is 1. The number of para-hydroxylation sites is 4. The monoisotopic (exact) mass is 1430 g/mol. The number of benzene rings is 2. The number of fused-ring (bicyclic) bond motifs is 10. The molecule has 8 bridgehead atoms. The van der Waals surface area contributed by atoms with Crippen molar-refractivity contribution in [1.29, 1.82) is 0 Å². The van der Waals surface area contributed by atoms with Crippen molar-refractivity contribution < 1.29 is 158 Å². The van der Waals surface area contributed by atoms with Crippen LogP contribution in [0.4, 0.5) is 0 Å². The molecule has 95 heavy (non-hydrogen) atoms. The Hall–Kier alpha value is -3.36. The van der Waals surface area contributed by atoms with E-state index in [1.807, 2.05) is 57.7 Å². The number of esters is 2. The molecule has 4 saturated carbocycles. The summed E-state index contributed by atoms with van der Waals surface area (Å²) in [5.74, 6) is 1.74. The number of piperidine rings is 4. The Bertz CT molecular complexity index is 3340. The van der Waals surface area contributed by atoms with Crippen LogP contribution in [-0.2, 0) is 43.2 Å². The molecule has 8 fully saturated rings. The Kier molecular flexibility index (Phi) is 32.9. The summed E-state index contributed by atoms with van der Waals surface area (Å²) in [5.41, 5.74) is 13.1. The van der Waals surface area contributed by atoms with Crippen LogP contribution in [0.1, 0.15) is 219 Å². The largest absolute Gasteiger partial charge is 1.00 e. The van der Waals surface area contributed by atoms with Gasteiger partial charge in [-0.3, -0.25) is 43.4 Å². The number of carbonyl (C=O) groups excluding carboxylic acids is 5. The molecule has 8 aliphatic rings. The van der Waals surface area contributed by atoms with Crippen LogP contribution in [0.15, 0.2) is 68.4 Å². The van der Waals surface area contributed by atoms with E-state index >= 15 is 0 Å². The van der Waals surface area contributed by atoms with Crippen molar-refractivity contribution in [2.45, 2.75) is 242 Å². The summed E-state index contributed by atoms with van der Waals surface area (Å²) in [6, 6.07) is 18.9. The van der Waals surface area contributed by atoms with Crippen molar-refractivity contribution in [2.75, 3.05) is 25.2 Å². The molecule has 2 amide bonds. The van der Waals surface area contributed by atoms with Gasteiger partial charge in [0.05, 0.1) is 53.5 Å². The van der Waals surface area contributed by atoms with Crippen LogP contribution in [0, 0.1) is 23.7 Å². The van der Waals surface area contributed by atoms with Gasteiger partial charge in [0.25, 0.3) is 23.5 Å². The Morgan fingerprint density at radius 1 is 0.568 bits per heavy atom. The summed E-state index contributed by atoms with van der Waals surface area (Å²) in [6.45, 7) is 3.43. The van der Waals surface area contributed by atoms with E-state index < -0.39 is 18.5 Å². The van der Waals surface area contributed by atoms with Gasteiger partial charge < -0.3 is 51.7 Å². The molecule has 4 aromatic rings. The number of ether oxygens (including phenoxy) is 2. The molecule has 23 nitrogen and oxygen atoms in total. The summed E-state index contributed by atoms with van der Waals surface area (Å²) >= 11 is 2.84. The summed E-state index contributed by atoms with van der Waals surface area (Å²) in [6.07, 6.45) is 30.7. The second-order valence-electron chi connectivity index (χ2n) is 26.9. The van der Waals surface area contributed by atoms with Gasteiger partial charge in [-0.25, -0.2) is 9.97 Å². The van der Waals surface area contributed by atoms with Gasteiger partial charge in [0.2, 0.25) is 5.91 Å². The van der Waals surface area contributed by atoms with Crippen LogP contribution >= 0.6 is 15.9 Å². The molecule has 4 aliphatic carbocycles. The van der Waals surface area contributed by atoms with E-state index in [-0.39, 0.29) is 213 Å². The molecule has 510 valence electrons. The third-order valence-corrected chi connectivity index (χ3v) is 21.4. The minimum Gasteiger partial charge on any atom is -1.00 e. The topological polar surface area (TPSA) is 319 Å². The van der Waals surface area contributed by atoms with Gasteiger partial charge >= 0.3 is 115 Å². The minimum atomic E-state index is -0.683. The van der Waals surface area contributed by atoms with Crippen molar-refractivity contribution in [3.8, 4) is 0 Å². The normalized spacial score (nSPS) is 27.2. The third kappa shape index (κ3) is 21.1. The first-order valence-corrected chi connectivity index (χ1v) is 35.4. The van der Waals surface area contributed by atoms with E-state index in [1.54, 1.807) is 13.8 Å². The number of hydrogen-bond acceptors (Lipinski definition) is 19. The average Bonchev–Trinajstić information content (AvgIpc) is 0.762. The first-order valence-electron chi connectivity index (χ1n) is 34.3. The fourth-order valence-corrected chi connectivity index (χ4v) is 17.5. The zero-order valence-corrected chi connectivity index (χ0v) is 64.0. The summed E-state index contributed by atoms with van der Waals surface area (Å²) in [5, 5.41) is 26.1. The van der Waals surface area contributed by atoms with E-state index in [4.69, 9.17) is 35.1 Å². The molecule has 12 rings (SSSR count). The quantitative estimate of drug-likeness (QED) is 0.0177. The predicted octanol–water partition coefficient (Wildman–Crippen LogP) is 3.12. The first-order chi connectivity index (χ1) is 45.1. The molecular weight excluding hydrogens is 1330 g/mol. The predicted molar refractivity (Wildman–Crippen MR) is 354 cm³/mol. The fraction of sp³-hybridized carbons (Fsp3) is 0.667. The van der Waals surface area contributed by atoms with Gasteiger partial charge in [0.1, 0.15) is 11.4 Å². The van der Waals surface area contributed by atoms with Crippen LogP contribution < -0.4 is 131 Å². The van der Waals surface area contributed by atoms with E-state index in [0.29, 0.717) is 47.3 Å².